The fourth-order valence-corrected chi connectivity index (χ4v) is 5.86. The van der Waals surface area contributed by atoms with Crippen molar-refractivity contribution >= 4 is 23.4 Å². The van der Waals surface area contributed by atoms with Crippen molar-refractivity contribution in [3.05, 3.63) is 47.0 Å². The van der Waals surface area contributed by atoms with Crippen LogP contribution in [-0.2, 0) is 11.2 Å². The topological polar surface area (TPSA) is 44.8 Å². The van der Waals surface area contributed by atoms with Gasteiger partial charge in [-0.05, 0) is 68.3 Å². The number of fused-ring (bicyclic) bond motifs is 3. The number of rotatable bonds is 4. The predicted octanol–water partition coefficient (Wildman–Crippen LogP) is 4.33. The smallest absolute Gasteiger partial charge is 0.411 e. The number of nitrogens with one attached hydrogen (secondary N) is 1. The van der Waals surface area contributed by atoms with Crippen LogP contribution in [0.2, 0.25) is 0 Å². The van der Waals surface area contributed by atoms with Gasteiger partial charge in [0.1, 0.15) is 6.10 Å². The van der Waals surface area contributed by atoms with Crippen LogP contribution in [0.5, 0.6) is 0 Å². The number of hydrogen-bond donors (Lipinski definition) is 1. The molecule has 2 aliphatic carbocycles. The van der Waals surface area contributed by atoms with Crippen LogP contribution in [0.1, 0.15) is 62.1 Å². The third-order valence-corrected chi connectivity index (χ3v) is 7.56. The number of likely N-dealkylation sites (tertiary alicyclic amines) is 1. The predicted molar refractivity (Wildman–Crippen MR) is 121 cm³/mol. The summed E-state index contributed by atoms with van der Waals surface area (Å²) >= 11 is 5.65. The van der Waals surface area contributed by atoms with Crippen molar-refractivity contribution in [3.63, 3.8) is 0 Å². The summed E-state index contributed by atoms with van der Waals surface area (Å²) in [7, 11) is 0. The second-order valence-corrected chi connectivity index (χ2v) is 9.37. The minimum atomic E-state index is -0.139. The van der Waals surface area contributed by atoms with Crippen molar-refractivity contribution < 1.29 is 9.53 Å². The van der Waals surface area contributed by atoms with Gasteiger partial charge >= 0.3 is 6.09 Å². The highest BCUT2D eigenvalue weighted by Crippen LogP contribution is 2.44. The van der Waals surface area contributed by atoms with Crippen LogP contribution in [0.25, 0.3) is 0 Å². The number of piperidine rings is 1. The van der Waals surface area contributed by atoms with Gasteiger partial charge in [-0.15, -0.1) is 0 Å². The number of carbonyl (C=O) groups excluding carboxylic acids is 1. The SMILES string of the molecule is O=C1OC2Cc3ccccc3C2N1C1CCN(C(=S)NCCC2=CCCCC2)CC1. The summed E-state index contributed by atoms with van der Waals surface area (Å²) in [5, 5.41) is 4.31. The van der Waals surface area contributed by atoms with Crippen molar-refractivity contribution in [3.8, 4) is 0 Å². The molecule has 1 aromatic carbocycles. The first kappa shape index (κ1) is 19.9. The van der Waals surface area contributed by atoms with E-state index in [1.165, 1.54) is 36.8 Å². The van der Waals surface area contributed by atoms with Gasteiger partial charge in [0.25, 0.3) is 0 Å². The van der Waals surface area contributed by atoms with Crippen molar-refractivity contribution in [2.24, 2.45) is 0 Å². The van der Waals surface area contributed by atoms with Crippen molar-refractivity contribution in [1.82, 2.24) is 15.1 Å². The van der Waals surface area contributed by atoms with Gasteiger partial charge in [0, 0.05) is 32.1 Å². The molecule has 1 aromatic rings. The van der Waals surface area contributed by atoms with Crippen LogP contribution in [0.4, 0.5) is 4.79 Å². The molecule has 0 aromatic heterocycles. The van der Waals surface area contributed by atoms with Gasteiger partial charge in [-0.25, -0.2) is 4.79 Å². The zero-order valence-electron chi connectivity index (χ0n) is 17.5. The lowest BCUT2D eigenvalue weighted by molar-refractivity contribution is 0.118. The Bertz CT molecular complexity index is 847. The van der Waals surface area contributed by atoms with E-state index in [1.54, 1.807) is 5.57 Å². The third-order valence-electron chi connectivity index (χ3n) is 7.16. The zero-order chi connectivity index (χ0) is 20.5. The highest BCUT2D eigenvalue weighted by molar-refractivity contribution is 7.80. The molecule has 2 heterocycles. The molecule has 5 nitrogen and oxygen atoms in total. The van der Waals surface area contributed by atoms with Crippen LogP contribution >= 0.6 is 12.2 Å². The summed E-state index contributed by atoms with van der Waals surface area (Å²) in [6.07, 6.45) is 11.2. The molecular weight excluding hydrogens is 394 g/mol. The van der Waals surface area contributed by atoms with Gasteiger partial charge in [-0.3, -0.25) is 4.90 Å². The Morgan fingerprint density at radius 3 is 2.83 bits per heavy atom. The molecule has 2 unspecified atom stereocenters. The molecule has 0 spiro atoms. The van der Waals surface area contributed by atoms with E-state index >= 15 is 0 Å². The molecule has 0 radical (unpaired) electrons. The normalized spacial score (nSPS) is 26.1. The highest BCUT2D eigenvalue weighted by Gasteiger charge is 2.50. The molecule has 6 heteroatoms. The fourth-order valence-electron chi connectivity index (χ4n) is 5.57. The monoisotopic (exact) mass is 425 g/mol. The molecule has 0 bridgehead atoms. The van der Waals surface area contributed by atoms with E-state index in [4.69, 9.17) is 17.0 Å². The maximum atomic E-state index is 12.7. The Kier molecular flexibility index (Phi) is 5.68. The zero-order valence-corrected chi connectivity index (χ0v) is 18.3. The number of ether oxygens (including phenoxy) is 1. The average Bonchev–Trinajstić information content (AvgIpc) is 3.29. The summed E-state index contributed by atoms with van der Waals surface area (Å²) in [6, 6.07) is 8.77. The third kappa shape index (κ3) is 3.82. The van der Waals surface area contributed by atoms with Crippen molar-refractivity contribution in [1.29, 1.82) is 0 Å². The van der Waals surface area contributed by atoms with E-state index in [0.717, 1.165) is 50.4 Å². The van der Waals surface area contributed by atoms with Gasteiger partial charge in [0.2, 0.25) is 0 Å². The molecule has 2 aliphatic heterocycles. The molecule has 1 N–H and O–H groups in total. The Labute approximate surface area is 184 Å². The molecule has 2 fully saturated rings. The summed E-state index contributed by atoms with van der Waals surface area (Å²) < 4.78 is 5.75. The number of thiocarbonyl (C=S) groups is 1. The van der Waals surface area contributed by atoms with E-state index in [0.29, 0.717) is 0 Å². The molecule has 1 amide bonds. The Morgan fingerprint density at radius 2 is 2.03 bits per heavy atom. The van der Waals surface area contributed by atoms with Crippen molar-refractivity contribution in [2.45, 2.75) is 69.6 Å². The van der Waals surface area contributed by atoms with Gasteiger partial charge < -0.3 is 15.0 Å². The molecule has 5 rings (SSSR count). The van der Waals surface area contributed by atoms with Crippen LogP contribution in [0.3, 0.4) is 0 Å². The summed E-state index contributed by atoms with van der Waals surface area (Å²) in [6.45, 7) is 2.70. The largest absolute Gasteiger partial charge is 0.443 e. The van der Waals surface area contributed by atoms with E-state index in [9.17, 15) is 4.79 Å². The van der Waals surface area contributed by atoms with E-state index < -0.39 is 0 Å². The molecule has 4 aliphatic rings. The summed E-state index contributed by atoms with van der Waals surface area (Å²) in [4.78, 5) is 16.9. The van der Waals surface area contributed by atoms with Gasteiger partial charge in [0.15, 0.2) is 5.11 Å². The van der Waals surface area contributed by atoms with Gasteiger partial charge in [0.05, 0.1) is 6.04 Å². The van der Waals surface area contributed by atoms with E-state index in [2.05, 4.69) is 40.6 Å². The Balaban J connectivity index is 1.14. The maximum Gasteiger partial charge on any atom is 0.411 e. The minimum absolute atomic E-state index is 0.0234. The number of carbonyl (C=O) groups is 1. The quantitative estimate of drug-likeness (QED) is 0.575. The first-order chi connectivity index (χ1) is 14.7. The molecular formula is C24H31N3O2S. The van der Waals surface area contributed by atoms with Crippen molar-refractivity contribution in [2.75, 3.05) is 19.6 Å². The first-order valence-electron chi connectivity index (χ1n) is 11.5. The average molecular weight is 426 g/mol. The number of allylic oxidation sites excluding steroid dienone is 1. The Hall–Kier alpha value is -2.08. The minimum Gasteiger partial charge on any atom is -0.443 e. The first-order valence-corrected chi connectivity index (χ1v) is 11.9. The number of benzene rings is 1. The second kappa shape index (κ2) is 8.58. The maximum absolute atomic E-state index is 12.7. The molecule has 30 heavy (non-hydrogen) atoms. The molecule has 0 saturated carbocycles. The van der Waals surface area contributed by atoms with Crippen LogP contribution < -0.4 is 5.32 Å². The van der Waals surface area contributed by atoms with Gasteiger partial charge in [-0.1, -0.05) is 35.9 Å². The summed E-state index contributed by atoms with van der Waals surface area (Å²) in [5.74, 6) is 0. The molecule has 2 atom stereocenters. The van der Waals surface area contributed by atoms with E-state index in [1.807, 2.05) is 4.90 Å². The lowest BCUT2D eigenvalue weighted by atomic mass is 9.97. The number of hydrogen-bond acceptors (Lipinski definition) is 3. The summed E-state index contributed by atoms with van der Waals surface area (Å²) in [5.41, 5.74) is 4.17. The van der Waals surface area contributed by atoms with Crippen LogP contribution in [0, 0.1) is 0 Å². The molecule has 2 saturated heterocycles. The fraction of sp³-hybridized carbons (Fsp3) is 0.583. The van der Waals surface area contributed by atoms with Crippen LogP contribution in [0.15, 0.2) is 35.9 Å². The lowest BCUT2D eigenvalue weighted by Crippen LogP contribution is -2.50. The molecule has 160 valence electrons. The number of amides is 1. The standard InChI is InChI=1S/C24H31N3O2S/c28-24-27(22-20-9-5-4-8-18(20)16-21(22)29-24)19-11-14-26(15-12-19)23(30)25-13-10-17-6-2-1-3-7-17/h4-6,8-9,19,21-22H,1-3,7,10-16H2,(H,25,30). The highest BCUT2D eigenvalue weighted by atomic mass is 32.1. The lowest BCUT2D eigenvalue weighted by Gasteiger charge is -2.39. The second-order valence-electron chi connectivity index (χ2n) is 8.99. The van der Waals surface area contributed by atoms with Gasteiger partial charge in [-0.2, -0.15) is 0 Å². The van der Waals surface area contributed by atoms with Crippen LogP contribution in [-0.4, -0.2) is 52.8 Å². The number of nitrogens with zero attached hydrogens (tertiary/aromatic N) is 2. The Morgan fingerprint density at radius 1 is 1.20 bits per heavy atom. The van der Waals surface area contributed by atoms with E-state index in [-0.39, 0.29) is 24.3 Å².